The van der Waals surface area contributed by atoms with Gasteiger partial charge in [0.15, 0.2) is 0 Å². The first-order chi connectivity index (χ1) is 8.54. The minimum absolute atomic E-state index is 0.269. The van der Waals surface area contributed by atoms with E-state index in [2.05, 4.69) is 56.2 Å². The molecule has 0 saturated carbocycles. The third-order valence-corrected chi connectivity index (χ3v) is 4.50. The molecule has 2 heteroatoms. The number of hydrogen-bond acceptors (Lipinski definition) is 2. The van der Waals surface area contributed by atoms with E-state index >= 15 is 0 Å². The molecule has 1 aromatic rings. The summed E-state index contributed by atoms with van der Waals surface area (Å²) in [6, 6.07) is 6.68. The fraction of sp³-hybridized carbons (Fsp3) is 0.625. The minimum Gasteiger partial charge on any atom is -0.385 e. The Morgan fingerprint density at radius 2 is 2.11 bits per heavy atom. The second-order valence-electron chi connectivity index (χ2n) is 6.00. The second-order valence-corrected chi connectivity index (χ2v) is 6.00. The van der Waals surface area contributed by atoms with Crippen molar-refractivity contribution in [3.05, 3.63) is 29.3 Å². The van der Waals surface area contributed by atoms with Gasteiger partial charge < -0.3 is 5.32 Å². The maximum absolute atomic E-state index is 3.51. The highest BCUT2D eigenvalue weighted by atomic mass is 15.2. The molecule has 0 atom stereocenters. The first-order valence-electron chi connectivity index (χ1n) is 7.10. The molecule has 0 spiro atoms. The summed E-state index contributed by atoms with van der Waals surface area (Å²) in [6.45, 7) is 9.07. The first-order valence-corrected chi connectivity index (χ1v) is 7.10. The van der Waals surface area contributed by atoms with Crippen LogP contribution in [-0.2, 0) is 13.0 Å². The largest absolute Gasteiger partial charge is 0.385 e. The molecule has 0 unspecified atom stereocenters. The Bertz CT molecular complexity index is 410. The third-order valence-electron chi connectivity index (χ3n) is 4.50. The van der Waals surface area contributed by atoms with Crippen LogP contribution in [0.15, 0.2) is 18.2 Å². The molecule has 1 aliphatic rings. The van der Waals surface area contributed by atoms with Gasteiger partial charge in [0.1, 0.15) is 0 Å². The number of nitrogens with one attached hydrogen (secondary N) is 1. The number of fused-ring (bicyclic) bond motifs is 1. The summed E-state index contributed by atoms with van der Waals surface area (Å²) in [4.78, 5) is 2.47. The van der Waals surface area contributed by atoms with Crippen LogP contribution in [0.3, 0.4) is 0 Å². The molecule has 0 fully saturated rings. The predicted octanol–water partition coefficient (Wildman–Crippen LogP) is 3.67. The van der Waals surface area contributed by atoms with Gasteiger partial charge in [-0.1, -0.05) is 19.1 Å². The van der Waals surface area contributed by atoms with Gasteiger partial charge in [0.05, 0.1) is 0 Å². The zero-order chi connectivity index (χ0) is 13.2. The Morgan fingerprint density at radius 3 is 2.83 bits per heavy atom. The van der Waals surface area contributed by atoms with Crippen LogP contribution >= 0.6 is 0 Å². The monoisotopic (exact) mass is 246 g/mol. The van der Waals surface area contributed by atoms with E-state index in [0.29, 0.717) is 0 Å². The van der Waals surface area contributed by atoms with Crippen molar-refractivity contribution in [2.24, 2.45) is 0 Å². The Labute approximate surface area is 111 Å². The molecule has 1 N–H and O–H groups in total. The normalized spacial score (nSPS) is 15.4. The Balaban J connectivity index is 2.19. The van der Waals surface area contributed by atoms with Crippen molar-refractivity contribution in [2.45, 2.75) is 52.1 Å². The summed E-state index contributed by atoms with van der Waals surface area (Å²) in [5, 5.41) is 3.51. The molecular formula is C16H26N2. The average Bonchev–Trinajstić information content (AvgIpc) is 2.39. The standard InChI is InChI=1S/C16H26N2/c1-5-16(2,3)18(4)12-13-8-6-10-15-14(13)9-7-11-17-15/h6,8,10,17H,5,7,9,11-12H2,1-4H3. The highest BCUT2D eigenvalue weighted by Crippen LogP contribution is 2.28. The zero-order valence-corrected chi connectivity index (χ0v) is 12.2. The number of anilines is 1. The maximum Gasteiger partial charge on any atom is 0.0375 e. The smallest absolute Gasteiger partial charge is 0.0375 e. The Morgan fingerprint density at radius 1 is 1.33 bits per heavy atom. The van der Waals surface area contributed by atoms with E-state index < -0.39 is 0 Å². The van der Waals surface area contributed by atoms with Crippen LogP contribution in [0, 0.1) is 0 Å². The predicted molar refractivity (Wildman–Crippen MR) is 79.1 cm³/mol. The van der Waals surface area contributed by atoms with Crippen molar-refractivity contribution in [3.8, 4) is 0 Å². The summed E-state index contributed by atoms with van der Waals surface area (Å²) in [5.74, 6) is 0. The number of benzene rings is 1. The lowest BCUT2D eigenvalue weighted by atomic mass is 9.95. The number of rotatable bonds is 4. The zero-order valence-electron chi connectivity index (χ0n) is 12.2. The number of nitrogens with zero attached hydrogens (tertiary/aromatic N) is 1. The van der Waals surface area contributed by atoms with Crippen LogP contribution in [0.5, 0.6) is 0 Å². The summed E-state index contributed by atoms with van der Waals surface area (Å²) in [7, 11) is 2.24. The molecule has 0 aromatic heterocycles. The molecule has 0 saturated heterocycles. The highest BCUT2D eigenvalue weighted by molar-refractivity contribution is 5.56. The van der Waals surface area contributed by atoms with Crippen LogP contribution in [0.25, 0.3) is 0 Å². The molecule has 0 bridgehead atoms. The van der Waals surface area contributed by atoms with Crippen LogP contribution in [0.2, 0.25) is 0 Å². The van der Waals surface area contributed by atoms with E-state index in [1.807, 2.05) is 0 Å². The van der Waals surface area contributed by atoms with Gasteiger partial charge in [0, 0.05) is 24.3 Å². The molecule has 2 nitrogen and oxygen atoms in total. The molecule has 0 aliphatic carbocycles. The van der Waals surface area contributed by atoms with Gasteiger partial charge in [0.2, 0.25) is 0 Å². The summed E-state index contributed by atoms with van der Waals surface area (Å²) >= 11 is 0. The molecule has 2 rings (SSSR count). The van der Waals surface area contributed by atoms with Crippen LogP contribution in [0.4, 0.5) is 5.69 Å². The van der Waals surface area contributed by atoms with Gasteiger partial charge in [-0.05, 0) is 57.4 Å². The van der Waals surface area contributed by atoms with E-state index in [0.717, 1.165) is 13.1 Å². The van der Waals surface area contributed by atoms with Gasteiger partial charge >= 0.3 is 0 Å². The average molecular weight is 246 g/mol. The Hall–Kier alpha value is -1.02. The lowest BCUT2D eigenvalue weighted by Crippen LogP contribution is -2.40. The van der Waals surface area contributed by atoms with Crippen LogP contribution < -0.4 is 5.32 Å². The van der Waals surface area contributed by atoms with Gasteiger partial charge in [-0.25, -0.2) is 0 Å². The van der Waals surface area contributed by atoms with Crippen molar-refractivity contribution in [1.29, 1.82) is 0 Å². The van der Waals surface area contributed by atoms with E-state index in [1.165, 1.54) is 36.1 Å². The van der Waals surface area contributed by atoms with Crippen molar-refractivity contribution < 1.29 is 0 Å². The minimum atomic E-state index is 0.269. The third kappa shape index (κ3) is 2.69. The van der Waals surface area contributed by atoms with Gasteiger partial charge in [-0.15, -0.1) is 0 Å². The summed E-state index contributed by atoms with van der Waals surface area (Å²) in [5.41, 5.74) is 4.64. The second kappa shape index (κ2) is 5.31. The number of hydrogen-bond donors (Lipinski definition) is 1. The van der Waals surface area contributed by atoms with Gasteiger partial charge in [0.25, 0.3) is 0 Å². The lowest BCUT2D eigenvalue weighted by Gasteiger charge is -2.35. The molecule has 0 radical (unpaired) electrons. The first kappa shape index (κ1) is 13.4. The van der Waals surface area contributed by atoms with Crippen molar-refractivity contribution in [3.63, 3.8) is 0 Å². The van der Waals surface area contributed by atoms with E-state index in [4.69, 9.17) is 0 Å². The van der Waals surface area contributed by atoms with E-state index in [1.54, 1.807) is 0 Å². The van der Waals surface area contributed by atoms with Gasteiger partial charge in [-0.3, -0.25) is 4.90 Å². The molecule has 1 heterocycles. The van der Waals surface area contributed by atoms with E-state index in [-0.39, 0.29) is 5.54 Å². The Kier molecular flexibility index (Phi) is 3.96. The fourth-order valence-electron chi connectivity index (χ4n) is 2.47. The quantitative estimate of drug-likeness (QED) is 0.872. The molecular weight excluding hydrogens is 220 g/mol. The molecule has 18 heavy (non-hydrogen) atoms. The molecule has 100 valence electrons. The summed E-state index contributed by atoms with van der Waals surface area (Å²) in [6.07, 6.45) is 3.65. The van der Waals surface area contributed by atoms with Crippen molar-refractivity contribution >= 4 is 5.69 Å². The summed E-state index contributed by atoms with van der Waals surface area (Å²) < 4.78 is 0. The maximum atomic E-state index is 3.51. The fourth-order valence-corrected chi connectivity index (χ4v) is 2.47. The van der Waals surface area contributed by atoms with Crippen molar-refractivity contribution in [2.75, 3.05) is 18.9 Å². The topological polar surface area (TPSA) is 15.3 Å². The van der Waals surface area contributed by atoms with Gasteiger partial charge in [-0.2, -0.15) is 0 Å². The molecule has 1 aromatic carbocycles. The van der Waals surface area contributed by atoms with Crippen LogP contribution in [0.1, 0.15) is 44.7 Å². The van der Waals surface area contributed by atoms with Crippen molar-refractivity contribution in [1.82, 2.24) is 4.90 Å². The van der Waals surface area contributed by atoms with E-state index in [9.17, 15) is 0 Å². The molecule has 0 amide bonds. The van der Waals surface area contributed by atoms with Crippen LogP contribution in [-0.4, -0.2) is 24.0 Å². The highest BCUT2D eigenvalue weighted by Gasteiger charge is 2.22. The lowest BCUT2D eigenvalue weighted by molar-refractivity contribution is 0.142. The molecule has 1 aliphatic heterocycles. The SMILES string of the molecule is CCC(C)(C)N(C)Cc1cccc2c1CCCN2.